The van der Waals surface area contributed by atoms with E-state index in [0.717, 1.165) is 142 Å². The summed E-state index contributed by atoms with van der Waals surface area (Å²) in [4.78, 5) is 53.7. The molecular weight excluding hydrogens is 843 g/mol. The van der Waals surface area contributed by atoms with Crippen LogP contribution in [-0.4, -0.2) is 80.6 Å². The molecule has 1 rings (SSSR count). The SMILES string of the molecule is CCCCC/C=C\C/C=C\CCCCCCCC(=O)OCC(COC(=O)CCCCCCC/C=C\C/C=C\CCCCC)OC(=O)CCC(CCCCCC)OC(=O)OCCCN1CCCC1. The van der Waals surface area contributed by atoms with E-state index in [2.05, 4.69) is 74.3 Å². The molecule has 1 aliphatic heterocycles. The number of nitrogens with zero attached hydrogens (tertiary/aromatic N) is 1. The fourth-order valence-electron chi connectivity index (χ4n) is 8.00. The summed E-state index contributed by atoms with van der Waals surface area (Å²) in [5.41, 5.74) is 0. The molecule has 1 unspecified atom stereocenters. The van der Waals surface area contributed by atoms with E-state index in [-0.39, 0.29) is 50.8 Å². The number of hydrogen-bond donors (Lipinski definition) is 0. The smallest absolute Gasteiger partial charge is 0.462 e. The maximum Gasteiger partial charge on any atom is 0.508 e. The van der Waals surface area contributed by atoms with Crippen LogP contribution < -0.4 is 0 Å². The second-order valence-electron chi connectivity index (χ2n) is 18.6. The summed E-state index contributed by atoms with van der Waals surface area (Å²) in [5, 5.41) is 0. The molecule has 0 amide bonds. The summed E-state index contributed by atoms with van der Waals surface area (Å²) in [5.74, 6) is -1.24. The second-order valence-corrected chi connectivity index (χ2v) is 18.6. The molecule has 10 nitrogen and oxygen atoms in total. The summed E-state index contributed by atoms with van der Waals surface area (Å²) in [6, 6.07) is 0. The Kier molecular flexibility index (Phi) is 43.8. The molecule has 1 heterocycles. The highest BCUT2D eigenvalue weighted by molar-refractivity contribution is 5.71. The van der Waals surface area contributed by atoms with Gasteiger partial charge in [0.1, 0.15) is 19.3 Å². The third kappa shape index (κ3) is 42.4. The summed E-state index contributed by atoms with van der Waals surface area (Å²) in [6.45, 7) is 9.61. The zero-order chi connectivity index (χ0) is 48.5. The molecule has 0 aromatic rings. The van der Waals surface area contributed by atoms with Gasteiger partial charge in [-0.1, -0.05) is 153 Å². The van der Waals surface area contributed by atoms with Gasteiger partial charge in [-0.05, 0) is 129 Å². The average Bonchev–Trinajstić information content (AvgIpc) is 3.85. The molecule has 0 spiro atoms. The monoisotopic (exact) mass is 942 g/mol. The van der Waals surface area contributed by atoms with Gasteiger partial charge in [-0.2, -0.15) is 0 Å². The van der Waals surface area contributed by atoms with Crippen molar-refractivity contribution in [2.75, 3.05) is 39.5 Å². The standard InChI is InChI=1S/C57H99NO9/c1-4-7-10-13-15-17-19-21-23-25-27-29-31-33-36-42-54(59)64-50-53(51-65-55(60)43-37-34-32-30-28-26-24-22-20-18-16-14-11-8-5-2)66-56(61)45-44-52(41-35-12-9-6-3)67-57(62)63-49-40-48-58-46-38-39-47-58/h15-18,21-24,52-53H,4-14,19-20,25-51H2,1-3H3/b17-15-,18-16-,23-21-,24-22-. The predicted molar refractivity (Wildman–Crippen MR) is 275 cm³/mol. The van der Waals surface area contributed by atoms with Gasteiger partial charge in [0.05, 0.1) is 6.61 Å². The predicted octanol–water partition coefficient (Wildman–Crippen LogP) is 15.4. The molecule has 1 saturated heterocycles. The summed E-state index contributed by atoms with van der Waals surface area (Å²) in [6.07, 6.45) is 48.8. The highest BCUT2D eigenvalue weighted by Crippen LogP contribution is 2.17. The largest absolute Gasteiger partial charge is 0.508 e. The fraction of sp³-hybridized carbons (Fsp3) is 0.789. The molecule has 67 heavy (non-hydrogen) atoms. The second kappa shape index (κ2) is 47.7. The number of likely N-dealkylation sites (tertiary alicyclic amines) is 1. The van der Waals surface area contributed by atoms with E-state index in [1.165, 1.54) is 64.2 Å². The Morgan fingerprint density at radius 1 is 0.433 bits per heavy atom. The lowest BCUT2D eigenvalue weighted by molar-refractivity contribution is -0.167. The number of unbranched alkanes of at least 4 members (excludes halogenated alkanes) is 19. The fourth-order valence-corrected chi connectivity index (χ4v) is 8.00. The Morgan fingerprint density at radius 3 is 1.39 bits per heavy atom. The minimum atomic E-state index is -0.931. The number of carbonyl (C=O) groups excluding carboxylic acids is 4. The van der Waals surface area contributed by atoms with Gasteiger partial charge in [0.25, 0.3) is 0 Å². The van der Waals surface area contributed by atoms with E-state index in [1.54, 1.807) is 0 Å². The Hall–Kier alpha value is -3.40. The van der Waals surface area contributed by atoms with Crippen LogP contribution in [0.5, 0.6) is 0 Å². The van der Waals surface area contributed by atoms with Crippen LogP contribution in [0.15, 0.2) is 48.6 Å². The van der Waals surface area contributed by atoms with Crippen molar-refractivity contribution >= 4 is 24.1 Å². The molecule has 386 valence electrons. The van der Waals surface area contributed by atoms with Crippen LogP contribution in [-0.2, 0) is 38.1 Å². The van der Waals surface area contributed by atoms with Gasteiger partial charge in [0.15, 0.2) is 6.10 Å². The van der Waals surface area contributed by atoms with Crippen molar-refractivity contribution < 1.29 is 42.9 Å². The van der Waals surface area contributed by atoms with Gasteiger partial charge >= 0.3 is 24.1 Å². The summed E-state index contributed by atoms with van der Waals surface area (Å²) >= 11 is 0. The first kappa shape index (κ1) is 61.6. The van der Waals surface area contributed by atoms with Crippen LogP contribution in [0.3, 0.4) is 0 Å². The Balaban J connectivity index is 2.55. The van der Waals surface area contributed by atoms with Crippen molar-refractivity contribution in [1.29, 1.82) is 0 Å². The van der Waals surface area contributed by atoms with Gasteiger partial charge in [-0.25, -0.2) is 4.79 Å². The van der Waals surface area contributed by atoms with Crippen LogP contribution in [0.4, 0.5) is 4.79 Å². The van der Waals surface area contributed by atoms with E-state index in [0.29, 0.717) is 13.0 Å². The van der Waals surface area contributed by atoms with Gasteiger partial charge in [-0.15, -0.1) is 0 Å². The number of allylic oxidation sites excluding steroid dienone is 8. The molecule has 1 atom stereocenters. The minimum absolute atomic E-state index is 0.00297. The third-order valence-electron chi connectivity index (χ3n) is 12.2. The zero-order valence-electron chi connectivity index (χ0n) is 43.2. The number of carbonyl (C=O) groups is 4. The molecule has 0 N–H and O–H groups in total. The topological polar surface area (TPSA) is 118 Å². The Morgan fingerprint density at radius 2 is 0.881 bits per heavy atom. The van der Waals surface area contributed by atoms with Crippen molar-refractivity contribution in [3.63, 3.8) is 0 Å². The summed E-state index contributed by atoms with van der Waals surface area (Å²) < 4.78 is 28.0. The van der Waals surface area contributed by atoms with E-state index < -0.39 is 24.3 Å². The lowest BCUT2D eigenvalue weighted by Gasteiger charge is -2.20. The molecule has 0 saturated carbocycles. The van der Waals surface area contributed by atoms with Crippen molar-refractivity contribution in [1.82, 2.24) is 4.90 Å². The molecule has 0 aromatic heterocycles. The third-order valence-corrected chi connectivity index (χ3v) is 12.2. The van der Waals surface area contributed by atoms with Gasteiger partial charge in [0, 0.05) is 25.8 Å². The Labute approximate surface area is 409 Å². The normalized spacial score (nSPS) is 13.7. The van der Waals surface area contributed by atoms with E-state index in [1.807, 2.05) is 0 Å². The maximum absolute atomic E-state index is 13.2. The number of esters is 3. The van der Waals surface area contributed by atoms with Crippen LogP contribution in [0.2, 0.25) is 0 Å². The van der Waals surface area contributed by atoms with Crippen molar-refractivity contribution in [3.05, 3.63) is 48.6 Å². The highest BCUT2D eigenvalue weighted by Gasteiger charge is 2.23. The highest BCUT2D eigenvalue weighted by atomic mass is 16.7. The van der Waals surface area contributed by atoms with Gasteiger partial charge in [0.2, 0.25) is 0 Å². The lowest BCUT2D eigenvalue weighted by atomic mass is 10.1. The van der Waals surface area contributed by atoms with Crippen molar-refractivity contribution in [3.8, 4) is 0 Å². The molecular formula is C57H99NO9. The number of rotatable bonds is 46. The van der Waals surface area contributed by atoms with Gasteiger partial charge < -0.3 is 28.6 Å². The number of ether oxygens (including phenoxy) is 5. The molecule has 1 fully saturated rings. The summed E-state index contributed by atoms with van der Waals surface area (Å²) in [7, 11) is 0. The van der Waals surface area contributed by atoms with Crippen LogP contribution in [0.1, 0.15) is 239 Å². The molecule has 0 aromatic carbocycles. The van der Waals surface area contributed by atoms with Crippen molar-refractivity contribution in [2.24, 2.45) is 0 Å². The lowest BCUT2D eigenvalue weighted by Crippen LogP contribution is -2.31. The van der Waals surface area contributed by atoms with E-state index in [9.17, 15) is 19.2 Å². The molecule has 0 radical (unpaired) electrons. The van der Waals surface area contributed by atoms with Gasteiger partial charge in [-0.3, -0.25) is 14.4 Å². The number of hydrogen-bond acceptors (Lipinski definition) is 10. The van der Waals surface area contributed by atoms with Crippen LogP contribution in [0, 0.1) is 0 Å². The van der Waals surface area contributed by atoms with Crippen molar-refractivity contribution in [2.45, 2.75) is 251 Å². The molecule has 0 aliphatic carbocycles. The average molecular weight is 942 g/mol. The molecule has 1 aliphatic rings. The zero-order valence-corrected chi connectivity index (χ0v) is 43.2. The Bertz CT molecular complexity index is 1240. The van der Waals surface area contributed by atoms with Crippen LogP contribution in [0.25, 0.3) is 0 Å². The van der Waals surface area contributed by atoms with E-state index >= 15 is 0 Å². The van der Waals surface area contributed by atoms with E-state index in [4.69, 9.17) is 23.7 Å². The quantitative estimate of drug-likeness (QED) is 0.0253. The maximum atomic E-state index is 13.2. The first-order valence-corrected chi connectivity index (χ1v) is 27.5. The first-order chi connectivity index (χ1) is 32.9. The van der Waals surface area contributed by atoms with Crippen LogP contribution >= 0.6 is 0 Å². The molecule has 10 heteroatoms. The molecule has 0 bridgehead atoms. The minimum Gasteiger partial charge on any atom is -0.462 e. The first-order valence-electron chi connectivity index (χ1n) is 27.5.